The first kappa shape index (κ1) is 9.19. The van der Waals surface area contributed by atoms with E-state index in [4.69, 9.17) is 4.74 Å². The number of hydrogen-bond donors (Lipinski definition) is 0. The van der Waals surface area contributed by atoms with Crippen LogP contribution in [0.3, 0.4) is 0 Å². The van der Waals surface area contributed by atoms with Crippen LogP contribution < -0.4 is 4.74 Å². The lowest BCUT2D eigenvalue weighted by atomic mass is 10.1. The van der Waals surface area contributed by atoms with Gasteiger partial charge >= 0.3 is 0 Å². The molecule has 0 spiro atoms. The highest BCUT2D eigenvalue weighted by Crippen LogP contribution is 2.30. The fourth-order valence-electron chi connectivity index (χ4n) is 1.74. The van der Waals surface area contributed by atoms with Crippen molar-refractivity contribution < 1.29 is 13.9 Å². The monoisotopic (exact) mass is 194 g/mol. The fraction of sp³-hybridized carbons (Fsp3) is 0.364. The molecule has 2 rings (SSSR count). The Kier molecular flexibility index (Phi) is 2.48. The molecule has 0 N–H and O–H groups in total. The number of hydrogen-bond acceptors (Lipinski definition) is 2. The van der Waals surface area contributed by atoms with Crippen LogP contribution in [0.1, 0.15) is 22.3 Å². The van der Waals surface area contributed by atoms with Gasteiger partial charge in [0.1, 0.15) is 19.0 Å². The number of Topliss-reactive ketones (excluding diaryl/α,β-unsaturated/α-hetero) is 1. The van der Waals surface area contributed by atoms with Crippen LogP contribution in [0.15, 0.2) is 18.2 Å². The number of halogens is 1. The van der Waals surface area contributed by atoms with Crippen LogP contribution in [0.4, 0.5) is 4.39 Å². The molecule has 2 nitrogen and oxygen atoms in total. The van der Waals surface area contributed by atoms with Crippen molar-refractivity contribution >= 4 is 5.78 Å². The number of ketones is 1. The van der Waals surface area contributed by atoms with Crippen LogP contribution >= 0.6 is 0 Å². The minimum atomic E-state index is -0.530. The van der Waals surface area contributed by atoms with Gasteiger partial charge in [-0.3, -0.25) is 4.79 Å². The van der Waals surface area contributed by atoms with Crippen molar-refractivity contribution in [1.29, 1.82) is 0 Å². The van der Waals surface area contributed by atoms with Crippen molar-refractivity contribution in [1.82, 2.24) is 0 Å². The van der Waals surface area contributed by atoms with Crippen LogP contribution in [0, 0.1) is 0 Å². The SMILES string of the molecule is O=C1CCc2cccc(OCCF)c21. The Morgan fingerprint density at radius 3 is 3.00 bits per heavy atom. The Morgan fingerprint density at radius 2 is 2.21 bits per heavy atom. The number of fused-ring (bicyclic) bond motifs is 1. The predicted octanol–water partition coefficient (Wildman–Crippen LogP) is 2.16. The second-order valence-corrected chi connectivity index (χ2v) is 3.25. The molecular weight excluding hydrogens is 183 g/mol. The lowest BCUT2D eigenvalue weighted by molar-refractivity contribution is 0.0990. The van der Waals surface area contributed by atoms with Gasteiger partial charge in [0.2, 0.25) is 0 Å². The summed E-state index contributed by atoms with van der Waals surface area (Å²) in [6.45, 7) is -0.512. The number of alkyl halides is 1. The molecule has 0 atom stereocenters. The molecule has 3 heteroatoms. The fourth-order valence-corrected chi connectivity index (χ4v) is 1.74. The smallest absolute Gasteiger partial charge is 0.167 e. The Morgan fingerprint density at radius 1 is 1.36 bits per heavy atom. The summed E-state index contributed by atoms with van der Waals surface area (Å²) in [7, 11) is 0. The van der Waals surface area contributed by atoms with Gasteiger partial charge in [0, 0.05) is 6.42 Å². The summed E-state index contributed by atoms with van der Waals surface area (Å²) < 4.78 is 17.1. The molecule has 14 heavy (non-hydrogen) atoms. The van der Waals surface area contributed by atoms with Gasteiger partial charge in [0.15, 0.2) is 5.78 Å². The number of benzene rings is 1. The van der Waals surface area contributed by atoms with E-state index in [1.807, 2.05) is 12.1 Å². The van der Waals surface area contributed by atoms with E-state index in [1.54, 1.807) is 6.07 Å². The third-order valence-corrected chi connectivity index (χ3v) is 2.35. The number of aryl methyl sites for hydroxylation is 1. The maximum atomic E-state index is 11.9. The lowest BCUT2D eigenvalue weighted by Gasteiger charge is -2.07. The zero-order valence-corrected chi connectivity index (χ0v) is 7.75. The summed E-state index contributed by atoms with van der Waals surface area (Å²) in [6.07, 6.45) is 1.33. The maximum absolute atomic E-state index is 11.9. The summed E-state index contributed by atoms with van der Waals surface area (Å²) in [4.78, 5) is 11.5. The highest BCUT2D eigenvalue weighted by atomic mass is 19.1. The average molecular weight is 194 g/mol. The van der Waals surface area contributed by atoms with E-state index in [2.05, 4.69) is 0 Å². The lowest BCUT2D eigenvalue weighted by Crippen LogP contribution is -2.03. The van der Waals surface area contributed by atoms with Crippen LogP contribution in [-0.2, 0) is 6.42 Å². The van der Waals surface area contributed by atoms with Gasteiger partial charge in [-0.1, -0.05) is 12.1 Å². The number of carbonyl (C=O) groups is 1. The molecule has 0 amide bonds. The van der Waals surface area contributed by atoms with Crippen LogP contribution in [-0.4, -0.2) is 19.1 Å². The first-order chi connectivity index (χ1) is 6.83. The van der Waals surface area contributed by atoms with Crippen molar-refractivity contribution in [3.63, 3.8) is 0 Å². The summed E-state index contributed by atoms with van der Waals surface area (Å²) in [5, 5.41) is 0. The van der Waals surface area contributed by atoms with Crippen molar-refractivity contribution in [2.24, 2.45) is 0 Å². The number of carbonyl (C=O) groups excluding carboxylic acids is 1. The van der Waals surface area contributed by atoms with Crippen molar-refractivity contribution in [2.75, 3.05) is 13.3 Å². The van der Waals surface area contributed by atoms with Crippen molar-refractivity contribution in [3.05, 3.63) is 29.3 Å². The van der Waals surface area contributed by atoms with E-state index in [-0.39, 0.29) is 12.4 Å². The molecular formula is C11H11FO2. The maximum Gasteiger partial charge on any atom is 0.167 e. The Balaban J connectivity index is 2.32. The molecule has 0 aromatic heterocycles. The van der Waals surface area contributed by atoms with Gasteiger partial charge < -0.3 is 4.74 Å². The summed E-state index contributed by atoms with van der Waals surface area (Å²) in [5.41, 5.74) is 1.67. The minimum absolute atomic E-state index is 0.0176. The van der Waals surface area contributed by atoms with Crippen molar-refractivity contribution in [2.45, 2.75) is 12.8 Å². The standard InChI is InChI=1S/C11H11FO2/c12-6-7-14-10-3-1-2-8-4-5-9(13)11(8)10/h1-3H,4-7H2. The zero-order chi connectivity index (χ0) is 9.97. The summed E-state index contributed by atoms with van der Waals surface area (Å²) >= 11 is 0. The largest absolute Gasteiger partial charge is 0.490 e. The number of rotatable bonds is 3. The Hall–Kier alpha value is -1.38. The first-order valence-corrected chi connectivity index (χ1v) is 4.67. The first-order valence-electron chi connectivity index (χ1n) is 4.67. The van der Waals surface area contributed by atoms with Gasteiger partial charge in [0.05, 0.1) is 5.56 Å². The molecule has 0 saturated carbocycles. The van der Waals surface area contributed by atoms with E-state index < -0.39 is 6.67 Å². The van der Waals surface area contributed by atoms with Gasteiger partial charge in [-0.05, 0) is 18.1 Å². The topological polar surface area (TPSA) is 26.3 Å². The van der Waals surface area contributed by atoms with Gasteiger partial charge in [-0.15, -0.1) is 0 Å². The van der Waals surface area contributed by atoms with Crippen molar-refractivity contribution in [3.8, 4) is 5.75 Å². The predicted molar refractivity (Wildman–Crippen MR) is 50.6 cm³/mol. The molecule has 0 saturated heterocycles. The molecule has 0 bridgehead atoms. The molecule has 0 unspecified atom stereocenters. The quantitative estimate of drug-likeness (QED) is 0.737. The summed E-state index contributed by atoms with van der Waals surface area (Å²) in [6, 6.07) is 5.48. The van der Waals surface area contributed by atoms with E-state index in [9.17, 15) is 9.18 Å². The van der Waals surface area contributed by atoms with Crippen LogP contribution in [0.5, 0.6) is 5.75 Å². The molecule has 1 aliphatic rings. The van der Waals surface area contributed by atoms with E-state index in [1.165, 1.54) is 0 Å². The number of ether oxygens (including phenoxy) is 1. The second kappa shape index (κ2) is 3.78. The molecule has 1 aromatic rings. The van der Waals surface area contributed by atoms with Crippen LogP contribution in [0.2, 0.25) is 0 Å². The molecule has 0 heterocycles. The molecule has 1 aromatic carbocycles. The molecule has 0 aliphatic heterocycles. The third-order valence-electron chi connectivity index (χ3n) is 2.35. The van der Waals surface area contributed by atoms with Crippen LogP contribution in [0.25, 0.3) is 0 Å². The molecule has 74 valence electrons. The minimum Gasteiger partial charge on any atom is -0.490 e. The molecule has 0 radical (unpaired) electrons. The Labute approximate surface area is 81.7 Å². The highest BCUT2D eigenvalue weighted by Gasteiger charge is 2.23. The Bertz CT molecular complexity index is 360. The third kappa shape index (κ3) is 1.50. The molecule has 1 aliphatic carbocycles. The van der Waals surface area contributed by atoms with Gasteiger partial charge in [-0.25, -0.2) is 4.39 Å². The average Bonchev–Trinajstić information content (AvgIpc) is 2.58. The second-order valence-electron chi connectivity index (χ2n) is 3.25. The normalized spacial score (nSPS) is 14.2. The van der Waals surface area contributed by atoms with E-state index in [0.717, 1.165) is 12.0 Å². The van der Waals surface area contributed by atoms with Gasteiger partial charge in [-0.2, -0.15) is 0 Å². The van der Waals surface area contributed by atoms with E-state index >= 15 is 0 Å². The highest BCUT2D eigenvalue weighted by molar-refractivity contribution is 6.02. The molecule has 0 fully saturated rings. The zero-order valence-electron chi connectivity index (χ0n) is 7.75. The van der Waals surface area contributed by atoms with Gasteiger partial charge in [0.25, 0.3) is 0 Å². The summed E-state index contributed by atoms with van der Waals surface area (Å²) in [5.74, 6) is 0.636. The van der Waals surface area contributed by atoms with E-state index in [0.29, 0.717) is 17.7 Å².